The molecule has 3 amide bonds. The first-order valence-electron chi connectivity index (χ1n) is 9.94. The third kappa shape index (κ3) is 4.37. The zero-order valence-corrected chi connectivity index (χ0v) is 16.8. The summed E-state index contributed by atoms with van der Waals surface area (Å²) >= 11 is 0. The predicted octanol–water partition coefficient (Wildman–Crippen LogP) is 1.46. The number of amides is 3. The molecule has 2 aromatic rings. The standard InChI is InChI=1S/C21H26N6O2/c1-14-3-4-15-12-17(13-16(15)11-14)24-20(28)18-19(23-6-5-22-18)25-21(29)27-9-7-26(2)8-10-27/h3-6,11,17H,7-10,12-13H2,1-2H3,(H,24,28)(H,23,25,29). The van der Waals surface area contributed by atoms with Crippen molar-refractivity contribution in [2.24, 2.45) is 0 Å². The van der Waals surface area contributed by atoms with Crippen LogP contribution in [0.25, 0.3) is 0 Å². The molecule has 1 aromatic heterocycles. The first-order valence-corrected chi connectivity index (χ1v) is 9.94. The number of rotatable bonds is 3. The average molecular weight is 394 g/mol. The summed E-state index contributed by atoms with van der Waals surface area (Å²) in [6.07, 6.45) is 4.54. The molecule has 1 aromatic carbocycles. The van der Waals surface area contributed by atoms with Crippen LogP contribution in [0.4, 0.5) is 10.6 Å². The van der Waals surface area contributed by atoms with Gasteiger partial charge in [-0.1, -0.05) is 23.8 Å². The average Bonchev–Trinajstić information content (AvgIpc) is 3.10. The Balaban J connectivity index is 1.41. The van der Waals surface area contributed by atoms with Gasteiger partial charge in [-0.2, -0.15) is 0 Å². The van der Waals surface area contributed by atoms with Crippen LogP contribution in [0.15, 0.2) is 30.6 Å². The first kappa shape index (κ1) is 19.3. The normalized spacial score (nSPS) is 19.0. The van der Waals surface area contributed by atoms with E-state index in [-0.39, 0.29) is 29.5 Å². The summed E-state index contributed by atoms with van der Waals surface area (Å²) in [5, 5.41) is 5.81. The molecule has 1 fully saturated rings. The molecule has 152 valence electrons. The number of nitrogens with zero attached hydrogens (tertiary/aromatic N) is 4. The van der Waals surface area contributed by atoms with E-state index in [4.69, 9.17) is 0 Å². The Morgan fingerprint density at radius 2 is 1.76 bits per heavy atom. The molecule has 2 N–H and O–H groups in total. The summed E-state index contributed by atoms with van der Waals surface area (Å²) in [7, 11) is 2.03. The second-order valence-corrected chi connectivity index (χ2v) is 7.82. The lowest BCUT2D eigenvalue weighted by Gasteiger charge is -2.32. The van der Waals surface area contributed by atoms with Gasteiger partial charge in [0.2, 0.25) is 0 Å². The van der Waals surface area contributed by atoms with Gasteiger partial charge in [0.1, 0.15) is 0 Å². The smallest absolute Gasteiger partial charge is 0.323 e. The highest BCUT2D eigenvalue weighted by Gasteiger charge is 2.26. The van der Waals surface area contributed by atoms with Gasteiger partial charge in [0.15, 0.2) is 11.5 Å². The van der Waals surface area contributed by atoms with Crippen LogP contribution in [0.1, 0.15) is 27.2 Å². The van der Waals surface area contributed by atoms with E-state index in [1.807, 2.05) is 7.05 Å². The number of nitrogens with one attached hydrogen (secondary N) is 2. The molecule has 2 aliphatic rings. The topological polar surface area (TPSA) is 90.5 Å². The number of anilines is 1. The molecule has 2 heterocycles. The predicted molar refractivity (Wildman–Crippen MR) is 110 cm³/mol. The van der Waals surface area contributed by atoms with Gasteiger partial charge < -0.3 is 15.1 Å². The van der Waals surface area contributed by atoms with Crippen LogP contribution in [0.5, 0.6) is 0 Å². The summed E-state index contributed by atoms with van der Waals surface area (Å²) in [5.41, 5.74) is 3.90. The molecule has 8 heteroatoms. The minimum atomic E-state index is -0.318. The third-order valence-electron chi connectivity index (χ3n) is 5.56. The van der Waals surface area contributed by atoms with Crippen LogP contribution in [-0.2, 0) is 12.8 Å². The van der Waals surface area contributed by atoms with Gasteiger partial charge in [0.05, 0.1) is 0 Å². The van der Waals surface area contributed by atoms with E-state index < -0.39 is 0 Å². The number of fused-ring (bicyclic) bond motifs is 1. The van der Waals surface area contributed by atoms with E-state index in [1.165, 1.54) is 29.1 Å². The van der Waals surface area contributed by atoms with E-state index in [1.54, 1.807) is 4.90 Å². The highest BCUT2D eigenvalue weighted by atomic mass is 16.2. The van der Waals surface area contributed by atoms with E-state index in [2.05, 4.69) is 50.6 Å². The van der Waals surface area contributed by atoms with Crippen molar-refractivity contribution in [3.8, 4) is 0 Å². The fourth-order valence-electron chi connectivity index (χ4n) is 3.89. The number of urea groups is 1. The van der Waals surface area contributed by atoms with Crippen molar-refractivity contribution in [1.29, 1.82) is 0 Å². The molecule has 0 spiro atoms. The second kappa shape index (κ2) is 8.16. The summed E-state index contributed by atoms with van der Waals surface area (Å²) in [4.78, 5) is 37.7. The molecule has 0 bridgehead atoms. The van der Waals surface area contributed by atoms with Crippen molar-refractivity contribution in [3.63, 3.8) is 0 Å². The van der Waals surface area contributed by atoms with E-state index in [9.17, 15) is 9.59 Å². The van der Waals surface area contributed by atoms with Crippen LogP contribution >= 0.6 is 0 Å². The van der Waals surface area contributed by atoms with Crippen molar-refractivity contribution < 1.29 is 9.59 Å². The lowest BCUT2D eigenvalue weighted by Crippen LogP contribution is -2.48. The summed E-state index contributed by atoms with van der Waals surface area (Å²) in [6.45, 7) is 5.00. The molecule has 1 aliphatic heterocycles. The monoisotopic (exact) mass is 394 g/mol. The SMILES string of the molecule is Cc1ccc2c(c1)CC(NC(=O)c1nccnc1NC(=O)N1CCN(C)CC1)C2. The lowest BCUT2D eigenvalue weighted by atomic mass is 10.1. The highest BCUT2D eigenvalue weighted by Crippen LogP contribution is 2.23. The van der Waals surface area contributed by atoms with E-state index >= 15 is 0 Å². The van der Waals surface area contributed by atoms with Crippen molar-refractivity contribution in [2.45, 2.75) is 25.8 Å². The summed E-state index contributed by atoms with van der Waals surface area (Å²) in [6, 6.07) is 6.16. The number of hydrogen-bond donors (Lipinski definition) is 2. The quantitative estimate of drug-likeness (QED) is 0.823. The second-order valence-electron chi connectivity index (χ2n) is 7.82. The van der Waals surface area contributed by atoms with Gasteiger partial charge in [-0.05, 0) is 37.9 Å². The first-order chi connectivity index (χ1) is 14.0. The Morgan fingerprint density at radius 3 is 2.55 bits per heavy atom. The number of aryl methyl sites for hydroxylation is 1. The highest BCUT2D eigenvalue weighted by molar-refractivity contribution is 6.00. The zero-order chi connectivity index (χ0) is 20.4. The van der Waals surface area contributed by atoms with Gasteiger partial charge >= 0.3 is 6.03 Å². The Bertz CT molecular complexity index is 923. The maximum atomic E-state index is 12.9. The van der Waals surface area contributed by atoms with Gasteiger partial charge in [-0.3, -0.25) is 10.1 Å². The van der Waals surface area contributed by atoms with Gasteiger partial charge in [-0.25, -0.2) is 14.8 Å². The number of likely N-dealkylation sites (N-methyl/N-ethyl adjacent to an activating group) is 1. The third-order valence-corrected chi connectivity index (χ3v) is 5.56. The molecule has 1 aliphatic carbocycles. The number of carbonyl (C=O) groups excluding carboxylic acids is 2. The van der Waals surface area contributed by atoms with Gasteiger partial charge in [0.25, 0.3) is 5.91 Å². The van der Waals surface area contributed by atoms with E-state index in [0.717, 1.165) is 25.9 Å². The number of hydrogen-bond acceptors (Lipinski definition) is 5. The number of carbonyl (C=O) groups is 2. The molecular weight excluding hydrogens is 368 g/mol. The molecule has 1 saturated heterocycles. The molecule has 1 atom stereocenters. The number of piperazine rings is 1. The molecule has 0 saturated carbocycles. The zero-order valence-electron chi connectivity index (χ0n) is 16.8. The number of aromatic nitrogens is 2. The molecule has 29 heavy (non-hydrogen) atoms. The molecular formula is C21H26N6O2. The minimum Gasteiger partial charge on any atom is -0.347 e. The Kier molecular flexibility index (Phi) is 5.44. The Labute approximate surface area is 170 Å². The van der Waals surface area contributed by atoms with Crippen LogP contribution in [0.3, 0.4) is 0 Å². The molecule has 8 nitrogen and oxygen atoms in total. The van der Waals surface area contributed by atoms with Gasteiger partial charge in [-0.15, -0.1) is 0 Å². The summed E-state index contributed by atoms with van der Waals surface area (Å²) in [5.74, 6) is -0.124. The van der Waals surface area contributed by atoms with Crippen molar-refractivity contribution >= 4 is 17.8 Å². The minimum absolute atomic E-state index is 0.0162. The molecule has 4 rings (SSSR count). The Morgan fingerprint density at radius 1 is 1.03 bits per heavy atom. The van der Waals surface area contributed by atoms with Crippen molar-refractivity contribution in [2.75, 3.05) is 38.5 Å². The van der Waals surface area contributed by atoms with Crippen LogP contribution in [-0.4, -0.2) is 71.0 Å². The fraction of sp³-hybridized carbons (Fsp3) is 0.429. The maximum Gasteiger partial charge on any atom is 0.323 e. The number of benzene rings is 1. The fourth-order valence-corrected chi connectivity index (χ4v) is 3.89. The largest absolute Gasteiger partial charge is 0.347 e. The van der Waals surface area contributed by atoms with Gasteiger partial charge in [0, 0.05) is 44.6 Å². The van der Waals surface area contributed by atoms with Crippen molar-refractivity contribution in [1.82, 2.24) is 25.1 Å². The maximum absolute atomic E-state index is 12.9. The molecule has 1 unspecified atom stereocenters. The van der Waals surface area contributed by atoms with Crippen LogP contribution in [0.2, 0.25) is 0 Å². The van der Waals surface area contributed by atoms with Crippen LogP contribution in [0, 0.1) is 6.92 Å². The Hall–Kier alpha value is -3.00. The lowest BCUT2D eigenvalue weighted by molar-refractivity contribution is 0.0934. The molecule has 0 radical (unpaired) electrons. The van der Waals surface area contributed by atoms with E-state index in [0.29, 0.717) is 13.1 Å². The summed E-state index contributed by atoms with van der Waals surface area (Å²) < 4.78 is 0. The van der Waals surface area contributed by atoms with Crippen LogP contribution < -0.4 is 10.6 Å². The van der Waals surface area contributed by atoms with Crippen molar-refractivity contribution in [3.05, 3.63) is 53.0 Å².